The normalized spacial score (nSPS) is 26.0. The second kappa shape index (κ2) is 8.04. The molecule has 0 saturated carbocycles. The standard InChI is InChI=1S/C15H23NO3/c1-4-6-12(5-2)8-18-9-13-7-14(11(3)17)15(16)10-19-13/h4-6,11,13-14,16-17H,1-2,7-10H2,3H3/b12-6+,16-15?/t11-,13-,14+/m1/s1. The van der Waals surface area contributed by atoms with Crippen LogP contribution in [0.1, 0.15) is 13.3 Å². The quantitative estimate of drug-likeness (QED) is 0.693. The lowest BCUT2D eigenvalue weighted by molar-refractivity contribution is -0.0289. The Balaban J connectivity index is 2.38. The van der Waals surface area contributed by atoms with E-state index in [1.807, 2.05) is 6.08 Å². The van der Waals surface area contributed by atoms with E-state index in [0.717, 1.165) is 5.57 Å². The molecule has 1 aliphatic rings. The van der Waals surface area contributed by atoms with Gasteiger partial charge in [-0.1, -0.05) is 31.4 Å². The van der Waals surface area contributed by atoms with Crippen molar-refractivity contribution in [3.63, 3.8) is 0 Å². The molecular weight excluding hydrogens is 242 g/mol. The molecule has 0 aromatic carbocycles. The third-order valence-corrected chi connectivity index (χ3v) is 3.19. The minimum Gasteiger partial charge on any atom is -0.393 e. The van der Waals surface area contributed by atoms with Crippen LogP contribution in [0, 0.1) is 11.3 Å². The number of aliphatic hydroxyl groups excluding tert-OH is 1. The summed E-state index contributed by atoms with van der Waals surface area (Å²) >= 11 is 0. The van der Waals surface area contributed by atoms with Crippen LogP contribution >= 0.6 is 0 Å². The van der Waals surface area contributed by atoms with Crippen LogP contribution < -0.4 is 0 Å². The zero-order valence-corrected chi connectivity index (χ0v) is 11.5. The van der Waals surface area contributed by atoms with Gasteiger partial charge in [-0.25, -0.2) is 0 Å². The molecular formula is C15H23NO3. The Bertz CT molecular complexity index is 360. The van der Waals surface area contributed by atoms with Gasteiger partial charge in [-0.3, -0.25) is 0 Å². The van der Waals surface area contributed by atoms with E-state index in [2.05, 4.69) is 13.2 Å². The van der Waals surface area contributed by atoms with E-state index in [1.54, 1.807) is 19.1 Å². The van der Waals surface area contributed by atoms with Crippen LogP contribution in [-0.2, 0) is 9.47 Å². The molecule has 0 aliphatic carbocycles. The first-order chi connectivity index (χ1) is 9.08. The molecule has 1 aliphatic heterocycles. The summed E-state index contributed by atoms with van der Waals surface area (Å²) in [6.45, 7) is 10.2. The molecule has 4 heteroatoms. The van der Waals surface area contributed by atoms with Crippen molar-refractivity contribution < 1.29 is 14.6 Å². The Hall–Kier alpha value is -1.23. The van der Waals surface area contributed by atoms with Crippen LogP contribution in [0.2, 0.25) is 0 Å². The van der Waals surface area contributed by atoms with Crippen molar-refractivity contribution in [3.05, 3.63) is 37.0 Å². The fourth-order valence-electron chi connectivity index (χ4n) is 2.05. The van der Waals surface area contributed by atoms with Crippen LogP contribution in [0.4, 0.5) is 0 Å². The van der Waals surface area contributed by atoms with E-state index in [9.17, 15) is 5.11 Å². The lowest BCUT2D eigenvalue weighted by atomic mass is 9.89. The minimum atomic E-state index is -0.511. The smallest absolute Gasteiger partial charge is 0.0850 e. The highest BCUT2D eigenvalue weighted by Gasteiger charge is 2.30. The largest absolute Gasteiger partial charge is 0.393 e. The van der Waals surface area contributed by atoms with Crippen LogP contribution in [0.5, 0.6) is 0 Å². The summed E-state index contributed by atoms with van der Waals surface area (Å²) in [5.41, 5.74) is 1.43. The Kier molecular flexibility index (Phi) is 6.70. The molecule has 19 heavy (non-hydrogen) atoms. The molecule has 0 spiro atoms. The van der Waals surface area contributed by atoms with Gasteiger partial charge < -0.3 is 20.0 Å². The number of rotatable bonds is 7. The lowest BCUT2D eigenvalue weighted by Crippen LogP contribution is -2.40. The number of ether oxygens (including phenoxy) is 2. The first kappa shape index (κ1) is 15.8. The topological polar surface area (TPSA) is 62.5 Å². The summed E-state index contributed by atoms with van der Waals surface area (Å²) in [5.74, 6) is -0.120. The third-order valence-electron chi connectivity index (χ3n) is 3.19. The molecule has 0 amide bonds. The van der Waals surface area contributed by atoms with Crippen molar-refractivity contribution in [1.29, 1.82) is 5.41 Å². The molecule has 0 aromatic rings. The maximum absolute atomic E-state index is 9.62. The van der Waals surface area contributed by atoms with E-state index in [-0.39, 0.29) is 18.6 Å². The molecule has 1 heterocycles. The van der Waals surface area contributed by atoms with Crippen molar-refractivity contribution >= 4 is 5.71 Å². The molecule has 0 unspecified atom stereocenters. The Morgan fingerprint density at radius 3 is 2.95 bits per heavy atom. The van der Waals surface area contributed by atoms with Crippen molar-refractivity contribution in [1.82, 2.24) is 0 Å². The third kappa shape index (κ3) is 5.11. The molecule has 106 valence electrons. The van der Waals surface area contributed by atoms with Gasteiger partial charge in [0.05, 0.1) is 32.0 Å². The number of aliphatic hydroxyl groups is 1. The fraction of sp³-hybridized carbons (Fsp3) is 0.533. The van der Waals surface area contributed by atoms with Gasteiger partial charge in [0.25, 0.3) is 0 Å². The van der Waals surface area contributed by atoms with Crippen LogP contribution in [0.15, 0.2) is 37.0 Å². The maximum atomic E-state index is 9.62. The molecule has 0 bridgehead atoms. The van der Waals surface area contributed by atoms with E-state index >= 15 is 0 Å². The molecule has 4 nitrogen and oxygen atoms in total. The predicted molar refractivity (Wildman–Crippen MR) is 76.6 cm³/mol. The number of allylic oxidation sites excluding steroid dienone is 2. The first-order valence-corrected chi connectivity index (χ1v) is 6.47. The van der Waals surface area contributed by atoms with Crippen molar-refractivity contribution in [2.24, 2.45) is 5.92 Å². The van der Waals surface area contributed by atoms with Crippen molar-refractivity contribution in [2.45, 2.75) is 25.6 Å². The second-order valence-corrected chi connectivity index (χ2v) is 4.74. The van der Waals surface area contributed by atoms with Crippen LogP contribution in [0.3, 0.4) is 0 Å². The summed E-state index contributed by atoms with van der Waals surface area (Å²) in [5, 5.41) is 17.4. The summed E-state index contributed by atoms with van der Waals surface area (Å²) in [6.07, 6.45) is 5.33. The average molecular weight is 265 g/mol. The van der Waals surface area contributed by atoms with Gasteiger partial charge in [-0.05, 0) is 18.9 Å². The molecule has 0 radical (unpaired) electrons. The lowest BCUT2D eigenvalue weighted by Gasteiger charge is -2.31. The zero-order valence-electron chi connectivity index (χ0n) is 11.5. The maximum Gasteiger partial charge on any atom is 0.0850 e. The second-order valence-electron chi connectivity index (χ2n) is 4.74. The summed E-state index contributed by atoms with van der Waals surface area (Å²) in [7, 11) is 0. The van der Waals surface area contributed by atoms with E-state index < -0.39 is 6.10 Å². The molecule has 1 rings (SSSR count). The summed E-state index contributed by atoms with van der Waals surface area (Å²) in [6, 6.07) is 0. The molecule has 3 atom stereocenters. The highest BCUT2D eigenvalue weighted by atomic mass is 16.5. The minimum absolute atomic E-state index is 0.0662. The summed E-state index contributed by atoms with van der Waals surface area (Å²) in [4.78, 5) is 0. The van der Waals surface area contributed by atoms with E-state index in [1.165, 1.54) is 0 Å². The highest BCUT2D eigenvalue weighted by Crippen LogP contribution is 2.21. The first-order valence-electron chi connectivity index (χ1n) is 6.47. The Labute approximate surface area is 114 Å². The number of hydrogen-bond donors (Lipinski definition) is 2. The van der Waals surface area contributed by atoms with Gasteiger partial charge in [-0.2, -0.15) is 0 Å². The average Bonchev–Trinajstić information content (AvgIpc) is 2.39. The molecule has 1 saturated heterocycles. The van der Waals surface area contributed by atoms with Gasteiger partial charge >= 0.3 is 0 Å². The van der Waals surface area contributed by atoms with Crippen LogP contribution in [0.25, 0.3) is 0 Å². The van der Waals surface area contributed by atoms with E-state index in [4.69, 9.17) is 14.9 Å². The predicted octanol–water partition coefficient (Wildman–Crippen LogP) is 2.11. The van der Waals surface area contributed by atoms with Crippen LogP contribution in [-0.4, -0.2) is 42.8 Å². The summed E-state index contributed by atoms with van der Waals surface area (Å²) < 4.78 is 11.1. The number of nitrogens with one attached hydrogen (secondary N) is 1. The van der Waals surface area contributed by atoms with Gasteiger partial charge in [0.15, 0.2) is 0 Å². The molecule has 0 aromatic heterocycles. The van der Waals surface area contributed by atoms with Gasteiger partial charge in [0.2, 0.25) is 0 Å². The van der Waals surface area contributed by atoms with Gasteiger partial charge in [0.1, 0.15) is 0 Å². The highest BCUT2D eigenvalue weighted by molar-refractivity contribution is 5.86. The fourth-order valence-corrected chi connectivity index (χ4v) is 2.05. The van der Waals surface area contributed by atoms with Crippen molar-refractivity contribution in [2.75, 3.05) is 19.8 Å². The van der Waals surface area contributed by atoms with E-state index in [0.29, 0.717) is 25.3 Å². The molecule has 1 fully saturated rings. The van der Waals surface area contributed by atoms with Gasteiger partial charge in [-0.15, -0.1) is 0 Å². The van der Waals surface area contributed by atoms with Crippen molar-refractivity contribution in [3.8, 4) is 0 Å². The molecule has 2 N–H and O–H groups in total. The number of hydrogen-bond acceptors (Lipinski definition) is 4. The Morgan fingerprint density at radius 1 is 1.63 bits per heavy atom. The monoisotopic (exact) mass is 265 g/mol. The SMILES string of the molecule is C=C/C=C(\C=C)COC[C@H]1C[C@@H]([C@@H](C)O)C(=N)CO1. The zero-order chi connectivity index (χ0) is 14.3. The Morgan fingerprint density at radius 2 is 2.37 bits per heavy atom. The van der Waals surface area contributed by atoms with Gasteiger partial charge in [0, 0.05) is 11.6 Å².